The summed E-state index contributed by atoms with van der Waals surface area (Å²) >= 11 is 0. The molecule has 0 spiro atoms. The van der Waals surface area contributed by atoms with Gasteiger partial charge in [0.15, 0.2) is 0 Å². The van der Waals surface area contributed by atoms with Crippen LogP contribution in [0, 0.1) is 5.41 Å². The first kappa shape index (κ1) is 14.4. The van der Waals surface area contributed by atoms with E-state index in [0.29, 0.717) is 31.3 Å². The maximum atomic E-state index is 12.1. The second-order valence-electron chi connectivity index (χ2n) is 5.16. The minimum absolute atomic E-state index is 0.124. The van der Waals surface area contributed by atoms with Crippen LogP contribution in [-0.2, 0) is 11.2 Å². The molecule has 1 fully saturated rings. The van der Waals surface area contributed by atoms with Crippen LogP contribution in [0.5, 0.6) is 0 Å². The maximum Gasteiger partial charge on any atom is 0.261 e. The van der Waals surface area contributed by atoms with Gasteiger partial charge >= 0.3 is 0 Å². The Balaban J connectivity index is 1.89. The zero-order valence-corrected chi connectivity index (χ0v) is 12.0. The molecule has 0 aliphatic carbocycles. The lowest BCUT2D eigenvalue weighted by Crippen LogP contribution is -2.26. The highest BCUT2D eigenvalue weighted by Gasteiger charge is 2.18. The third-order valence-corrected chi connectivity index (χ3v) is 3.51. The normalized spacial score (nSPS) is 17.4. The molecule has 2 aromatic rings. The number of hydrogen-bond acceptors (Lipinski definition) is 6. The van der Waals surface area contributed by atoms with Crippen LogP contribution in [0.15, 0.2) is 29.3 Å². The summed E-state index contributed by atoms with van der Waals surface area (Å²) in [5.74, 6) is 0.984. The van der Waals surface area contributed by atoms with Gasteiger partial charge in [-0.1, -0.05) is 6.07 Å². The Morgan fingerprint density at radius 2 is 2.45 bits per heavy atom. The molecule has 1 aliphatic heterocycles. The first-order chi connectivity index (χ1) is 10.8. The Morgan fingerprint density at radius 3 is 3.14 bits per heavy atom. The molecule has 3 N–H and O–H groups in total. The number of hydrogen-bond donors (Lipinski definition) is 3. The van der Waals surface area contributed by atoms with Crippen LogP contribution in [0.25, 0.3) is 0 Å². The van der Waals surface area contributed by atoms with Crippen molar-refractivity contribution in [2.75, 3.05) is 18.5 Å². The zero-order chi connectivity index (χ0) is 15.4. The predicted octanol–water partition coefficient (Wildman–Crippen LogP) is 0.954. The summed E-state index contributed by atoms with van der Waals surface area (Å²) in [5, 5.41) is 10.6. The van der Waals surface area contributed by atoms with Crippen LogP contribution >= 0.6 is 0 Å². The number of nitrogens with zero attached hydrogens (tertiary/aromatic N) is 2. The Morgan fingerprint density at radius 1 is 1.55 bits per heavy atom. The predicted molar refractivity (Wildman–Crippen MR) is 82.6 cm³/mol. The molecular formula is C15H17N5O2. The highest BCUT2D eigenvalue weighted by Crippen LogP contribution is 2.14. The van der Waals surface area contributed by atoms with Gasteiger partial charge in [-0.2, -0.15) is 0 Å². The van der Waals surface area contributed by atoms with Crippen LogP contribution in [0.3, 0.4) is 0 Å². The largest absolute Gasteiger partial charge is 0.379 e. The molecule has 3 heterocycles. The van der Waals surface area contributed by atoms with Gasteiger partial charge < -0.3 is 20.4 Å². The summed E-state index contributed by atoms with van der Waals surface area (Å²) in [4.78, 5) is 23.4. The third-order valence-electron chi connectivity index (χ3n) is 3.51. The molecule has 7 nitrogen and oxygen atoms in total. The van der Waals surface area contributed by atoms with Crippen molar-refractivity contribution in [1.82, 2.24) is 15.0 Å². The number of H-pyrrole nitrogens is 1. The summed E-state index contributed by atoms with van der Waals surface area (Å²) in [6.07, 6.45) is 5.81. The van der Waals surface area contributed by atoms with Gasteiger partial charge in [-0.3, -0.25) is 9.78 Å². The Bertz CT molecular complexity index is 708. The van der Waals surface area contributed by atoms with Crippen molar-refractivity contribution >= 4 is 12.0 Å². The number of pyridine rings is 1. The van der Waals surface area contributed by atoms with Crippen LogP contribution in [0.4, 0.5) is 5.82 Å². The average Bonchev–Trinajstić information content (AvgIpc) is 3.01. The van der Waals surface area contributed by atoms with E-state index in [4.69, 9.17) is 10.1 Å². The second kappa shape index (κ2) is 6.48. The lowest BCUT2D eigenvalue weighted by Gasteiger charge is -2.14. The summed E-state index contributed by atoms with van der Waals surface area (Å²) in [5.41, 5.74) is 0.885. The SMILES string of the molecule is N=Cc1c(NC2CCOC2)nc(Cc2cccnc2)[nH]c1=O. The van der Waals surface area contributed by atoms with Gasteiger partial charge in [-0.15, -0.1) is 0 Å². The molecule has 22 heavy (non-hydrogen) atoms. The highest BCUT2D eigenvalue weighted by molar-refractivity contribution is 5.83. The van der Waals surface area contributed by atoms with E-state index in [1.165, 1.54) is 0 Å². The molecular weight excluding hydrogens is 282 g/mol. The van der Waals surface area contributed by atoms with Gasteiger partial charge in [-0.05, 0) is 18.1 Å². The molecule has 7 heteroatoms. The molecule has 3 rings (SSSR count). The number of anilines is 1. The van der Waals surface area contributed by atoms with Crippen molar-refractivity contribution < 1.29 is 4.74 Å². The van der Waals surface area contributed by atoms with E-state index < -0.39 is 0 Å². The summed E-state index contributed by atoms with van der Waals surface area (Å²) in [6.45, 7) is 1.28. The molecule has 0 bridgehead atoms. The summed E-state index contributed by atoms with van der Waals surface area (Å²) in [7, 11) is 0. The molecule has 0 aromatic carbocycles. The molecule has 1 saturated heterocycles. The third kappa shape index (κ3) is 3.20. The van der Waals surface area contributed by atoms with E-state index in [-0.39, 0.29) is 17.2 Å². The highest BCUT2D eigenvalue weighted by atomic mass is 16.5. The van der Waals surface area contributed by atoms with E-state index in [0.717, 1.165) is 18.2 Å². The maximum absolute atomic E-state index is 12.1. The van der Waals surface area contributed by atoms with E-state index in [2.05, 4.69) is 20.3 Å². The van der Waals surface area contributed by atoms with Crippen LogP contribution in [0.1, 0.15) is 23.4 Å². The van der Waals surface area contributed by atoms with E-state index in [1.807, 2.05) is 12.1 Å². The second-order valence-corrected chi connectivity index (χ2v) is 5.16. The Hall–Kier alpha value is -2.54. The quantitative estimate of drug-likeness (QED) is 0.713. The molecule has 114 valence electrons. The zero-order valence-electron chi connectivity index (χ0n) is 12.0. The van der Waals surface area contributed by atoms with Crippen LogP contribution in [0.2, 0.25) is 0 Å². The fourth-order valence-electron chi connectivity index (χ4n) is 2.39. The van der Waals surface area contributed by atoms with Crippen molar-refractivity contribution in [3.05, 3.63) is 51.8 Å². The van der Waals surface area contributed by atoms with Gasteiger partial charge in [0.1, 0.15) is 11.6 Å². The molecule has 2 aromatic heterocycles. The van der Waals surface area contributed by atoms with Crippen molar-refractivity contribution in [2.24, 2.45) is 0 Å². The van der Waals surface area contributed by atoms with Crippen molar-refractivity contribution in [3.8, 4) is 0 Å². The minimum Gasteiger partial charge on any atom is -0.379 e. The van der Waals surface area contributed by atoms with Crippen molar-refractivity contribution in [1.29, 1.82) is 5.41 Å². The van der Waals surface area contributed by atoms with Gasteiger partial charge in [-0.25, -0.2) is 4.98 Å². The lowest BCUT2D eigenvalue weighted by molar-refractivity contribution is 0.195. The van der Waals surface area contributed by atoms with Crippen LogP contribution < -0.4 is 10.9 Å². The summed E-state index contributed by atoms with van der Waals surface area (Å²) < 4.78 is 5.32. The Labute approximate surface area is 127 Å². The fraction of sp³-hybridized carbons (Fsp3) is 0.333. The molecule has 1 atom stereocenters. The Kier molecular flexibility index (Phi) is 4.24. The van der Waals surface area contributed by atoms with Crippen LogP contribution in [-0.4, -0.2) is 40.4 Å². The number of rotatable bonds is 5. The molecule has 0 saturated carbocycles. The standard InChI is InChI=1S/C15H17N5O2/c16-7-12-14(18-11-3-5-22-9-11)19-13(20-15(12)21)6-10-2-1-4-17-8-10/h1-2,4,7-8,11,16H,3,5-6,9H2,(H2,18,19,20,21). The monoisotopic (exact) mass is 299 g/mol. The number of aromatic nitrogens is 3. The summed E-state index contributed by atoms with van der Waals surface area (Å²) in [6, 6.07) is 3.89. The van der Waals surface area contributed by atoms with Crippen molar-refractivity contribution in [3.63, 3.8) is 0 Å². The van der Waals surface area contributed by atoms with E-state index in [1.54, 1.807) is 12.4 Å². The first-order valence-corrected chi connectivity index (χ1v) is 7.13. The molecule has 0 amide bonds. The minimum atomic E-state index is -0.315. The van der Waals surface area contributed by atoms with Gasteiger partial charge in [0.05, 0.1) is 18.2 Å². The van der Waals surface area contributed by atoms with E-state index >= 15 is 0 Å². The van der Waals surface area contributed by atoms with Crippen molar-refractivity contribution in [2.45, 2.75) is 18.9 Å². The molecule has 1 aliphatic rings. The molecule has 0 radical (unpaired) electrons. The number of aromatic amines is 1. The average molecular weight is 299 g/mol. The molecule has 1 unspecified atom stereocenters. The van der Waals surface area contributed by atoms with Gasteiger partial charge in [0.2, 0.25) is 0 Å². The van der Waals surface area contributed by atoms with E-state index in [9.17, 15) is 4.79 Å². The lowest BCUT2D eigenvalue weighted by atomic mass is 10.2. The fourth-order valence-corrected chi connectivity index (χ4v) is 2.39. The number of nitrogens with one attached hydrogen (secondary N) is 3. The number of ether oxygens (including phenoxy) is 1. The van der Waals surface area contributed by atoms with Gasteiger partial charge in [0, 0.05) is 31.6 Å². The first-order valence-electron chi connectivity index (χ1n) is 7.13. The van der Waals surface area contributed by atoms with Gasteiger partial charge in [0.25, 0.3) is 5.56 Å². The smallest absolute Gasteiger partial charge is 0.261 e. The topological polar surface area (TPSA) is 104 Å².